The molecular formula is C12H12Cl2N2O. The molecule has 90 valence electrons. The van der Waals surface area contributed by atoms with Crippen molar-refractivity contribution in [2.75, 3.05) is 0 Å². The maximum absolute atomic E-state index is 6.13. The van der Waals surface area contributed by atoms with Crippen LogP contribution in [-0.2, 0) is 6.42 Å². The number of nitrogens with two attached hydrogens (primary N) is 1. The van der Waals surface area contributed by atoms with Crippen LogP contribution in [0.25, 0.3) is 0 Å². The van der Waals surface area contributed by atoms with Gasteiger partial charge in [0.25, 0.3) is 0 Å². The summed E-state index contributed by atoms with van der Waals surface area (Å²) in [6.07, 6.45) is 2.24. The van der Waals surface area contributed by atoms with E-state index >= 15 is 0 Å². The Morgan fingerprint density at radius 2 is 2.12 bits per heavy atom. The normalized spacial score (nSPS) is 12.6. The quantitative estimate of drug-likeness (QED) is 0.662. The van der Waals surface area contributed by atoms with Crippen molar-refractivity contribution in [3.05, 3.63) is 58.0 Å². The second-order valence-electron chi connectivity index (χ2n) is 3.67. The minimum atomic E-state index is -0.132. The first kappa shape index (κ1) is 12.5. The van der Waals surface area contributed by atoms with Crippen LogP contribution < -0.4 is 11.3 Å². The van der Waals surface area contributed by atoms with Gasteiger partial charge in [0.05, 0.1) is 12.3 Å². The number of benzene rings is 1. The molecule has 5 heteroatoms. The van der Waals surface area contributed by atoms with E-state index in [0.717, 1.165) is 11.3 Å². The maximum atomic E-state index is 6.13. The fraction of sp³-hybridized carbons (Fsp3) is 0.167. The summed E-state index contributed by atoms with van der Waals surface area (Å²) in [5.74, 6) is 6.38. The first-order chi connectivity index (χ1) is 8.20. The molecule has 0 fully saturated rings. The van der Waals surface area contributed by atoms with Crippen LogP contribution in [0.2, 0.25) is 10.0 Å². The second kappa shape index (κ2) is 5.56. The van der Waals surface area contributed by atoms with Crippen LogP contribution in [0.15, 0.2) is 41.0 Å². The molecule has 0 aliphatic heterocycles. The molecule has 3 nitrogen and oxygen atoms in total. The average molecular weight is 271 g/mol. The summed E-state index contributed by atoms with van der Waals surface area (Å²) in [4.78, 5) is 0. The first-order valence-electron chi connectivity index (χ1n) is 5.14. The van der Waals surface area contributed by atoms with Gasteiger partial charge in [-0.2, -0.15) is 0 Å². The van der Waals surface area contributed by atoms with Crippen LogP contribution in [0, 0.1) is 0 Å². The highest BCUT2D eigenvalue weighted by molar-refractivity contribution is 6.33. The zero-order valence-electron chi connectivity index (χ0n) is 8.99. The molecule has 1 heterocycles. The van der Waals surface area contributed by atoms with Gasteiger partial charge in [0.2, 0.25) is 0 Å². The molecule has 1 atom stereocenters. The van der Waals surface area contributed by atoms with Gasteiger partial charge in [0.1, 0.15) is 5.76 Å². The summed E-state index contributed by atoms with van der Waals surface area (Å²) in [6.45, 7) is 0. The van der Waals surface area contributed by atoms with E-state index in [0.29, 0.717) is 16.5 Å². The van der Waals surface area contributed by atoms with Gasteiger partial charge in [-0.15, -0.1) is 0 Å². The van der Waals surface area contributed by atoms with E-state index in [9.17, 15) is 0 Å². The Bertz CT molecular complexity index is 485. The van der Waals surface area contributed by atoms with Gasteiger partial charge in [-0.25, -0.2) is 0 Å². The third kappa shape index (κ3) is 3.01. The Labute approximate surface area is 109 Å². The lowest BCUT2D eigenvalue weighted by Crippen LogP contribution is -2.29. The van der Waals surface area contributed by atoms with E-state index in [1.54, 1.807) is 24.5 Å². The summed E-state index contributed by atoms with van der Waals surface area (Å²) in [7, 11) is 0. The molecule has 0 aliphatic rings. The van der Waals surface area contributed by atoms with Gasteiger partial charge >= 0.3 is 0 Å². The van der Waals surface area contributed by atoms with Crippen molar-refractivity contribution in [3.8, 4) is 0 Å². The number of hydrogen-bond acceptors (Lipinski definition) is 3. The van der Waals surface area contributed by atoms with Crippen LogP contribution in [0.3, 0.4) is 0 Å². The zero-order chi connectivity index (χ0) is 12.3. The van der Waals surface area contributed by atoms with Crippen LogP contribution in [0.4, 0.5) is 0 Å². The minimum absolute atomic E-state index is 0.132. The summed E-state index contributed by atoms with van der Waals surface area (Å²) in [5, 5.41) is 1.26. The molecule has 0 saturated heterocycles. The third-order valence-electron chi connectivity index (χ3n) is 2.52. The van der Waals surface area contributed by atoms with E-state index in [4.69, 9.17) is 33.5 Å². The summed E-state index contributed by atoms with van der Waals surface area (Å²) in [6, 6.07) is 8.90. The molecule has 3 N–H and O–H groups in total. The molecule has 17 heavy (non-hydrogen) atoms. The summed E-state index contributed by atoms with van der Waals surface area (Å²) >= 11 is 12.1. The van der Waals surface area contributed by atoms with Gasteiger partial charge in [-0.05, 0) is 35.9 Å². The number of nitrogens with one attached hydrogen (secondary N) is 1. The molecule has 2 aromatic rings. The zero-order valence-corrected chi connectivity index (χ0v) is 10.5. The SMILES string of the molecule is NNC(Cc1ccco1)c1cc(Cl)ccc1Cl. The number of furan rings is 1. The summed E-state index contributed by atoms with van der Waals surface area (Å²) in [5.41, 5.74) is 3.58. The molecule has 0 aliphatic carbocycles. The molecule has 0 bridgehead atoms. The lowest BCUT2D eigenvalue weighted by molar-refractivity contribution is 0.455. The minimum Gasteiger partial charge on any atom is -0.469 e. The van der Waals surface area contributed by atoms with Crippen molar-refractivity contribution in [2.24, 2.45) is 5.84 Å². The third-order valence-corrected chi connectivity index (χ3v) is 3.10. The highest BCUT2D eigenvalue weighted by Gasteiger charge is 2.15. The van der Waals surface area contributed by atoms with Crippen molar-refractivity contribution in [2.45, 2.75) is 12.5 Å². The van der Waals surface area contributed by atoms with Gasteiger partial charge in [0.15, 0.2) is 0 Å². The molecule has 1 aromatic heterocycles. The van der Waals surface area contributed by atoms with E-state index in [2.05, 4.69) is 5.43 Å². The highest BCUT2D eigenvalue weighted by atomic mass is 35.5. The van der Waals surface area contributed by atoms with Crippen molar-refractivity contribution in [3.63, 3.8) is 0 Å². The van der Waals surface area contributed by atoms with Crippen LogP contribution in [0.1, 0.15) is 17.4 Å². The Hall–Kier alpha value is -1.000. The van der Waals surface area contributed by atoms with Gasteiger partial charge in [-0.3, -0.25) is 11.3 Å². The fourth-order valence-corrected chi connectivity index (χ4v) is 2.10. The highest BCUT2D eigenvalue weighted by Crippen LogP contribution is 2.28. The topological polar surface area (TPSA) is 51.2 Å². The number of rotatable bonds is 4. The monoisotopic (exact) mass is 270 g/mol. The Kier molecular flexibility index (Phi) is 4.07. The molecular weight excluding hydrogens is 259 g/mol. The molecule has 1 unspecified atom stereocenters. The lowest BCUT2D eigenvalue weighted by Gasteiger charge is -2.16. The molecule has 2 rings (SSSR count). The maximum Gasteiger partial charge on any atom is 0.105 e. The fourth-order valence-electron chi connectivity index (χ4n) is 1.67. The standard InChI is InChI=1S/C12H12Cl2N2O/c13-8-3-4-11(14)10(6-8)12(16-15)7-9-2-1-5-17-9/h1-6,12,16H,7,15H2. The molecule has 1 aromatic carbocycles. The first-order valence-corrected chi connectivity index (χ1v) is 5.89. The van der Waals surface area contributed by atoms with E-state index < -0.39 is 0 Å². The molecule has 0 amide bonds. The lowest BCUT2D eigenvalue weighted by atomic mass is 10.0. The van der Waals surface area contributed by atoms with Crippen LogP contribution in [0.5, 0.6) is 0 Å². The van der Waals surface area contributed by atoms with Gasteiger partial charge in [0, 0.05) is 16.5 Å². The number of hydrazine groups is 1. The second-order valence-corrected chi connectivity index (χ2v) is 4.51. The average Bonchev–Trinajstić information content (AvgIpc) is 2.82. The number of hydrogen-bond donors (Lipinski definition) is 2. The van der Waals surface area contributed by atoms with Crippen LogP contribution >= 0.6 is 23.2 Å². The van der Waals surface area contributed by atoms with Crippen molar-refractivity contribution in [1.82, 2.24) is 5.43 Å². The Morgan fingerprint density at radius 1 is 1.29 bits per heavy atom. The van der Waals surface area contributed by atoms with Crippen molar-refractivity contribution in [1.29, 1.82) is 0 Å². The predicted molar refractivity (Wildman–Crippen MR) is 68.9 cm³/mol. The molecule has 0 spiro atoms. The van der Waals surface area contributed by atoms with Gasteiger partial charge < -0.3 is 4.42 Å². The predicted octanol–water partition coefficient (Wildman–Crippen LogP) is 3.33. The molecule has 0 radical (unpaired) electrons. The van der Waals surface area contributed by atoms with E-state index in [1.165, 1.54) is 0 Å². The largest absolute Gasteiger partial charge is 0.469 e. The molecule has 0 saturated carbocycles. The van der Waals surface area contributed by atoms with E-state index in [1.807, 2.05) is 12.1 Å². The number of halogens is 2. The summed E-state index contributed by atoms with van der Waals surface area (Å²) < 4.78 is 5.29. The Balaban J connectivity index is 2.25. The van der Waals surface area contributed by atoms with E-state index in [-0.39, 0.29) is 6.04 Å². The Morgan fingerprint density at radius 3 is 2.76 bits per heavy atom. The van der Waals surface area contributed by atoms with Gasteiger partial charge in [-0.1, -0.05) is 23.2 Å². The van der Waals surface area contributed by atoms with Crippen molar-refractivity contribution < 1.29 is 4.42 Å². The van der Waals surface area contributed by atoms with Crippen molar-refractivity contribution >= 4 is 23.2 Å². The van der Waals surface area contributed by atoms with Crippen LogP contribution in [-0.4, -0.2) is 0 Å². The smallest absolute Gasteiger partial charge is 0.105 e.